The van der Waals surface area contributed by atoms with E-state index in [9.17, 15) is 9.18 Å². The summed E-state index contributed by atoms with van der Waals surface area (Å²) in [7, 11) is 0. The number of esters is 1. The maximum atomic E-state index is 13.6. The number of carbonyl (C=O) groups excluding carboxylic acids is 1. The van der Waals surface area contributed by atoms with E-state index in [0.717, 1.165) is 0 Å². The third-order valence-corrected chi connectivity index (χ3v) is 3.26. The first kappa shape index (κ1) is 15.0. The molecule has 2 heterocycles. The monoisotopic (exact) mass is 315 g/mol. The normalized spacial score (nSPS) is 10.7. The van der Waals surface area contributed by atoms with Crippen molar-refractivity contribution < 1.29 is 18.4 Å². The van der Waals surface area contributed by atoms with E-state index in [0.29, 0.717) is 28.8 Å². The summed E-state index contributed by atoms with van der Waals surface area (Å²) >= 11 is 0. The largest absolute Gasteiger partial charge is 0.462 e. The van der Waals surface area contributed by atoms with Gasteiger partial charge in [0, 0.05) is 17.6 Å². The average Bonchev–Trinajstić information content (AvgIpc) is 3.06. The Bertz CT molecular complexity index is 834. The number of halogens is 1. The second-order valence-corrected chi connectivity index (χ2v) is 4.77. The number of rotatable bonds is 5. The van der Waals surface area contributed by atoms with E-state index in [2.05, 4.69) is 15.5 Å². The molecule has 0 spiro atoms. The number of hydrogen-bond donors (Lipinski definition) is 1. The predicted octanol–water partition coefficient (Wildman–Crippen LogP) is 3.15. The summed E-state index contributed by atoms with van der Waals surface area (Å²) in [5, 5.41) is 7.39. The van der Waals surface area contributed by atoms with Crippen LogP contribution in [0.4, 0.5) is 10.1 Å². The van der Waals surface area contributed by atoms with Crippen LogP contribution in [0.1, 0.15) is 23.0 Å². The van der Waals surface area contributed by atoms with E-state index in [-0.39, 0.29) is 12.2 Å². The summed E-state index contributed by atoms with van der Waals surface area (Å²) in [6.45, 7) is 2.27. The molecule has 0 amide bonds. The van der Waals surface area contributed by atoms with E-state index in [1.165, 1.54) is 24.6 Å². The molecule has 0 saturated heterocycles. The van der Waals surface area contributed by atoms with E-state index in [1.54, 1.807) is 19.1 Å². The van der Waals surface area contributed by atoms with Gasteiger partial charge in [0.15, 0.2) is 0 Å². The highest BCUT2D eigenvalue weighted by Crippen LogP contribution is 2.28. The van der Waals surface area contributed by atoms with Crippen molar-refractivity contribution >= 4 is 22.6 Å². The van der Waals surface area contributed by atoms with Gasteiger partial charge in [0.25, 0.3) is 0 Å². The molecule has 1 aromatic carbocycles. The minimum Gasteiger partial charge on any atom is -0.462 e. The Labute approximate surface area is 131 Å². The third-order valence-electron chi connectivity index (χ3n) is 3.26. The molecule has 0 atom stereocenters. The molecule has 23 heavy (non-hydrogen) atoms. The number of nitrogens with one attached hydrogen (secondary N) is 1. The van der Waals surface area contributed by atoms with Gasteiger partial charge in [-0.3, -0.25) is 4.98 Å². The Hall–Kier alpha value is -2.96. The summed E-state index contributed by atoms with van der Waals surface area (Å²) in [6.07, 6.45) is 2.87. The third kappa shape index (κ3) is 3.13. The maximum Gasteiger partial charge on any atom is 0.341 e. The molecule has 7 heteroatoms. The zero-order valence-corrected chi connectivity index (χ0v) is 12.4. The van der Waals surface area contributed by atoms with Crippen molar-refractivity contribution in [3.05, 3.63) is 53.8 Å². The highest BCUT2D eigenvalue weighted by Gasteiger charge is 2.17. The molecule has 0 radical (unpaired) electrons. The number of nitrogens with zero attached hydrogens (tertiary/aromatic N) is 2. The van der Waals surface area contributed by atoms with Crippen LogP contribution in [0.5, 0.6) is 0 Å². The first-order valence-corrected chi connectivity index (χ1v) is 7.07. The highest BCUT2D eigenvalue weighted by atomic mass is 19.1. The molecule has 0 saturated carbocycles. The quantitative estimate of drug-likeness (QED) is 0.729. The van der Waals surface area contributed by atoms with Crippen LogP contribution < -0.4 is 5.32 Å². The van der Waals surface area contributed by atoms with E-state index in [4.69, 9.17) is 9.26 Å². The maximum absolute atomic E-state index is 13.6. The lowest BCUT2D eigenvalue weighted by Gasteiger charge is -2.13. The van der Waals surface area contributed by atoms with Crippen molar-refractivity contribution in [3.63, 3.8) is 0 Å². The minimum absolute atomic E-state index is 0.239. The summed E-state index contributed by atoms with van der Waals surface area (Å²) in [4.78, 5) is 16.3. The fraction of sp³-hybridized carbons (Fsp3) is 0.188. The number of fused-ring (bicyclic) bond motifs is 1. The SMILES string of the molecule is CCOC(=O)c1cnc2ccc(F)cc2c1NCc1ccon1. The molecule has 3 rings (SSSR count). The van der Waals surface area contributed by atoms with Crippen molar-refractivity contribution in [2.75, 3.05) is 11.9 Å². The van der Waals surface area contributed by atoms with Gasteiger partial charge in [-0.2, -0.15) is 0 Å². The van der Waals surface area contributed by atoms with Gasteiger partial charge in [-0.05, 0) is 25.1 Å². The predicted molar refractivity (Wildman–Crippen MR) is 81.5 cm³/mol. The number of pyridine rings is 1. The highest BCUT2D eigenvalue weighted by molar-refractivity contribution is 6.04. The van der Waals surface area contributed by atoms with Gasteiger partial charge in [0.1, 0.15) is 23.3 Å². The van der Waals surface area contributed by atoms with Gasteiger partial charge in [-0.25, -0.2) is 9.18 Å². The summed E-state index contributed by atoms with van der Waals surface area (Å²) in [6, 6.07) is 5.90. The van der Waals surface area contributed by atoms with Crippen LogP contribution in [0.25, 0.3) is 10.9 Å². The fourth-order valence-corrected chi connectivity index (χ4v) is 2.23. The average molecular weight is 315 g/mol. The van der Waals surface area contributed by atoms with Gasteiger partial charge < -0.3 is 14.6 Å². The Morgan fingerprint density at radius 3 is 3.00 bits per heavy atom. The first-order valence-electron chi connectivity index (χ1n) is 7.07. The Kier molecular flexibility index (Phi) is 4.18. The van der Waals surface area contributed by atoms with Crippen LogP contribution in [0, 0.1) is 5.82 Å². The zero-order valence-electron chi connectivity index (χ0n) is 12.4. The summed E-state index contributed by atoms with van der Waals surface area (Å²) in [5.74, 6) is -0.932. The number of carbonyl (C=O) groups is 1. The van der Waals surface area contributed by atoms with Crippen molar-refractivity contribution in [2.45, 2.75) is 13.5 Å². The second kappa shape index (κ2) is 6.43. The number of hydrogen-bond acceptors (Lipinski definition) is 6. The van der Waals surface area contributed by atoms with Crippen molar-refractivity contribution in [1.82, 2.24) is 10.1 Å². The van der Waals surface area contributed by atoms with E-state index < -0.39 is 11.8 Å². The van der Waals surface area contributed by atoms with Crippen LogP contribution in [0.2, 0.25) is 0 Å². The molecule has 0 bridgehead atoms. The van der Waals surface area contributed by atoms with E-state index >= 15 is 0 Å². The Balaban J connectivity index is 2.06. The van der Waals surface area contributed by atoms with Crippen molar-refractivity contribution in [2.24, 2.45) is 0 Å². The Morgan fingerprint density at radius 2 is 2.26 bits per heavy atom. The number of aromatic nitrogens is 2. The standard InChI is InChI=1S/C16H14FN3O3/c1-2-22-16(21)13-9-18-14-4-3-10(17)7-12(14)15(13)19-8-11-5-6-23-20-11/h3-7,9H,2,8H2,1H3,(H,18,19). The second-order valence-electron chi connectivity index (χ2n) is 4.77. The lowest BCUT2D eigenvalue weighted by molar-refractivity contribution is 0.0527. The molecule has 3 aromatic rings. The van der Waals surface area contributed by atoms with Crippen LogP contribution in [-0.4, -0.2) is 22.7 Å². The summed E-state index contributed by atoms with van der Waals surface area (Å²) < 4.78 is 23.4. The van der Waals surface area contributed by atoms with Gasteiger partial charge in [-0.15, -0.1) is 0 Å². The van der Waals surface area contributed by atoms with Gasteiger partial charge in [0.2, 0.25) is 0 Å². The topological polar surface area (TPSA) is 77.2 Å². The van der Waals surface area contributed by atoms with Crippen LogP contribution >= 0.6 is 0 Å². The van der Waals surface area contributed by atoms with E-state index in [1.807, 2.05) is 0 Å². The first-order chi connectivity index (χ1) is 11.2. The van der Waals surface area contributed by atoms with Crippen molar-refractivity contribution in [1.29, 1.82) is 0 Å². The molecule has 2 aromatic heterocycles. The van der Waals surface area contributed by atoms with Crippen LogP contribution in [0.3, 0.4) is 0 Å². The molecular formula is C16H14FN3O3. The molecule has 118 valence electrons. The molecule has 1 N–H and O–H groups in total. The minimum atomic E-state index is -0.520. The molecule has 0 fully saturated rings. The zero-order chi connectivity index (χ0) is 16.2. The lowest BCUT2D eigenvalue weighted by atomic mass is 10.1. The smallest absolute Gasteiger partial charge is 0.341 e. The van der Waals surface area contributed by atoms with Crippen molar-refractivity contribution in [3.8, 4) is 0 Å². The molecular weight excluding hydrogens is 301 g/mol. The molecule has 6 nitrogen and oxygen atoms in total. The number of anilines is 1. The number of ether oxygens (including phenoxy) is 1. The molecule has 0 aliphatic rings. The van der Waals surface area contributed by atoms with Gasteiger partial charge in [0.05, 0.1) is 24.4 Å². The Morgan fingerprint density at radius 1 is 1.39 bits per heavy atom. The number of benzene rings is 1. The molecule has 0 unspecified atom stereocenters. The van der Waals surface area contributed by atoms with Gasteiger partial charge in [-0.1, -0.05) is 5.16 Å². The lowest BCUT2D eigenvalue weighted by Crippen LogP contribution is -2.11. The molecule has 0 aliphatic carbocycles. The van der Waals surface area contributed by atoms with Crippen LogP contribution in [0.15, 0.2) is 41.2 Å². The van der Waals surface area contributed by atoms with Gasteiger partial charge >= 0.3 is 5.97 Å². The summed E-state index contributed by atoms with van der Waals surface area (Å²) in [5.41, 5.74) is 1.92. The molecule has 0 aliphatic heterocycles. The fourth-order valence-electron chi connectivity index (χ4n) is 2.23. The van der Waals surface area contributed by atoms with Crippen LogP contribution in [-0.2, 0) is 11.3 Å².